The molecule has 6 saturated carbocycles. The number of ketones is 1. The number of esters is 2. The number of likely N-dealkylation sites (tertiary alicyclic amines) is 1. The molecular weight excluding hydrogens is 422 g/mol. The summed E-state index contributed by atoms with van der Waals surface area (Å²) in [6.07, 6.45) is 2.76. The molecule has 7 fully saturated rings. The minimum Gasteiger partial charge on any atom is -0.462 e. The summed E-state index contributed by atoms with van der Waals surface area (Å²) in [6.45, 7) is 11.5. The van der Waals surface area contributed by atoms with Crippen molar-refractivity contribution in [1.29, 1.82) is 0 Å². The van der Waals surface area contributed by atoms with Gasteiger partial charge in [-0.05, 0) is 36.2 Å². The van der Waals surface area contributed by atoms with Crippen LogP contribution >= 0.6 is 0 Å². The quantitative estimate of drug-likeness (QED) is 0.470. The number of nitrogens with zero attached hydrogens (tertiary/aromatic N) is 1. The van der Waals surface area contributed by atoms with E-state index in [0.717, 1.165) is 24.8 Å². The molecule has 0 aromatic carbocycles. The van der Waals surface area contributed by atoms with Crippen molar-refractivity contribution in [2.45, 2.75) is 78.0 Å². The van der Waals surface area contributed by atoms with Crippen molar-refractivity contribution in [3.63, 3.8) is 0 Å². The van der Waals surface area contributed by atoms with Crippen LogP contribution in [0.3, 0.4) is 0 Å². The number of hydrogen-bond acceptors (Lipinski definition) is 6. The molecule has 1 aliphatic heterocycles. The zero-order chi connectivity index (χ0) is 23.7. The molecule has 0 aromatic rings. The molecule has 7 nitrogen and oxygen atoms in total. The fourth-order valence-corrected chi connectivity index (χ4v) is 10.4. The molecule has 1 heterocycles. The van der Waals surface area contributed by atoms with Gasteiger partial charge in [0.2, 0.25) is 5.91 Å². The van der Waals surface area contributed by atoms with Gasteiger partial charge >= 0.3 is 11.9 Å². The van der Waals surface area contributed by atoms with Gasteiger partial charge in [0.15, 0.2) is 0 Å². The summed E-state index contributed by atoms with van der Waals surface area (Å²) >= 11 is 0. The van der Waals surface area contributed by atoms with E-state index in [2.05, 4.69) is 13.5 Å². The Bertz CT molecular complexity index is 1020. The lowest BCUT2D eigenvalue weighted by molar-refractivity contribution is -0.234. The van der Waals surface area contributed by atoms with E-state index >= 15 is 0 Å². The predicted molar refractivity (Wildman–Crippen MR) is 116 cm³/mol. The van der Waals surface area contributed by atoms with Crippen molar-refractivity contribution in [2.75, 3.05) is 6.54 Å². The van der Waals surface area contributed by atoms with Gasteiger partial charge < -0.3 is 14.4 Å². The van der Waals surface area contributed by atoms with Gasteiger partial charge in [0.1, 0.15) is 18.0 Å². The standard InChI is InChI=1S/C26H33NO6/c1-12-16-9-17-22-25-8-6-7-24(5,11-27(22)13(2)28)20(25)18(31)10-26(17,23(12)33-15(4)30)21(25)19(16)32-14(3)29/h16-17,19-23H,1,6-11H2,2-5H3/t16-,17-,19+,20-,21+,22-,23-,24+,25+,26-/m1/s1. The van der Waals surface area contributed by atoms with Crippen molar-refractivity contribution in [1.82, 2.24) is 4.90 Å². The van der Waals surface area contributed by atoms with E-state index in [1.54, 1.807) is 6.92 Å². The average Bonchev–Trinajstić information content (AvgIpc) is 2.79. The fraction of sp³-hybridized carbons (Fsp3) is 0.769. The first-order valence-corrected chi connectivity index (χ1v) is 12.3. The summed E-state index contributed by atoms with van der Waals surface area (Å²) in [4.78, 5) is 53.7. The normalized spacial score (nSPS) is 50.8. The molecule has 0 aromatic heterocycles. The van der Waals surface area contributed by atoms with Gasteiger partial charge in [0.05, 0.1) is 0 Å². The summed E-state index contributed by atoms with van der Waals surface area (Å²) in [7, 11) is 0. The Balaban J connectivity index is 1.65. The third-order valence-electron chi connectivity index (χ3n) is 10.6. The second-order valence-corrected chi connectivity index (χ2v) is 12.0. The van der Waals surface area contributed by atoms with Crippen LogP contribution in [0.2, 0.25) is 0 Å². The van der Waals surface area contributed by atoms with Crippen molar-refractivity contribution < 1.29 is 28.7 Å². The largest absolute Gasteiger partial charge is 0.462 e. The van der Waals surface area contributed by atoms with Crippen LogP contribution in [-0.4, -0.2) is 53.3 Å². The van der Waals surface area contributed by atoms with Gasteiger partial charge in [0, 0.05) is 68.4 Å². The summed E-state index contributed by atoms with van der Waals surface area (Å²) in [5, 5.41) is 0. The van der Waals surface area contributed by atoms with E-state index in [1.165, 1.54) is 13.8 Å². The predicted octanol–water partition coefficient (Wildman–Crippen LogP) is 2.67. The third kappa shape index (κ3) is 2.23. The lowest BCUT2D eigenvalue weighted by Gasteiger charge is -2.68. The number of carbonyl (C=O) groups is 4. The molecule has 7 aliphatic rings. The van der Waals surface area contributed by atoms with Crippen molar-refractivity contribution in [2.24, 2.45) is 39.9 Å². The fourth-order valence-electron chi connectivity index (χ4n) is 10.4. The third-order valence-corrected chi connectivity index (χ3v) is 10.6. The van der Waals surface area contributed by atoms with E-state index in [9.17, 15) is 19.2 Å². The second kappa shape index (κ2) is 6.28. The van der Waals surface area contributed by atoms with Gasteiger partial charge in [0.25, 0.3) is 0 Å². The molecule has 0 N–H and O–H groups in total. The number of ether oxygens (including phenoxy) is 2. The van der Waals surface area contributed by atoms with Crippen LogP contribution in [0.5, 0.6) is 0 Å². The Kier molecular flexibility index (Phi) is 4.06. The Morgan fingerprint density at radius 1 is 1.06 bits per heavy atom. The van der Waals surface area contributed by atoms with Gasteiger partial charge in [-0.3, -0.25) is 19.2 Å². The highest BCUT2D eigenvalue weighted by Crippen LogP contribution is 2.82. The van der Waals surface area contributed by atoms with Crippen molar-refractivity contribution in [3.05, 3.63) is 12.2 Å². The van der Waals surface area contributed by atoms with Gasteiger partial charge in [-0.15, -0.1) is 0 Å². The topological polar surface area (TPSA) is 90.0 Å². The first kappa shape index (κ1) is 21.4. The van der Waals surface area contributed by atoms with Gasteiger partial charge in [-0.25, -0.2) is 0 Å². The van der Waals surface area contributed by atoms with Crippen LogP contribution in [0, 0.1) is 39.9 Å². The maximum atomic E-state index is 14.1. The van der Waals surface area contributed by atoms with Crippen LogP contribution in [0.25, 0.3) is 0 Å². The molecule has 2 spiro atoms. The van der Waals surface area contributed by atoms with Crippen LogP contribution in [0.1, 0.15) is 59.8 Å². The molecule has 0 unspecified atom stereocenters. The molecule has 7 rings (SSSR count). The molecule has 6 aliphatic carbocycles. The van der Waals surface area contributed by atoms with Crippen molar-refractivity contribution >= 4 is 23.6 Å². The SMILES string of the molecule is C=C1[C@H]2C[C@@H]3[C@H]4N(C(C)=O)C[C@]5(C)CCC[C@]46[C@H]([C@H]2OC(C)=O)[C@]3(CC(=O)[C@H]56)[C@@H]1OC(C)=O. The Morgan fingerprint density at radius 2 is 1.76 bits per heavy atom. The molecular formula is C26H33NO6. The van der Waals surface area contributed by atoms with E-state index in [4.69, 9.17) is 9.47 Å². The number of carbonyl (C=O) groups excluding carboxylic acids is 4. The zero-order valence-corrected chi connectivity index (χ0v) is 19.9. The zero-order valence-electron chi connectivity index (χ0n) is 19.9. The number of hydrogen-bond donors (Lipinski definition) is 0. The molecule has 1 amide bonds. The first-order valence-electron chi connectivity index (χ1n) is 12.3. The lowest BCUT2D eigenvalue weighted by Crippen LogP contribution is -2.72. The van der Waals surface area contributed by atoms with Crippen LogP contribution < -0.4 is 0 Å². The molecule has 6 bridgehead atoms. The highest BCUT2D eigenvalue weighted by molar-refractivity contribution is 5.88. The molecule has 1 saturated heterocycles. The van der Waals surface area contributed by atoms with Crippen LogP contribution in [-0.2, 0) is 28.7 Å². The van der Waals surface area contributed by atoms with Crippen LogP contribution in [0.15, 0.2) is 12.2 Å². The molecule has 10 atom stereocenters. The van der Waals surface area contributed by atoms with E-state index in [-0.39, 0.29) is 52.8 Å². The lowest BCUT2D eigenvalue weighted by atomic mass is 9.38. The molecule has 33 heavy (non-hydrogen) atoms. The van der Waals surface area contributed by atoms with Gasteiger partial charge in [-0.2, -0.15) is 0 Å². The summed E-state index contributed by atoms with van der Waals surface area (Å²) in [5.41, 5.74) is -0.653. The monoisotopic (exact) mass is 455 g/mol. The van der Waals surface area contributed by atoms with Crippen LogP contribution in [0.4, 0.5) is 0 Å². The summed E-state index contributed by atoms with van der Waals surface area (Å²) < 4.78 is 12.0. The Morgan fingerprint density at radius 3 is 2.39 bits per heavy atom. The first-order chi connectivity index (χ1) is 15.5. The molecule has 7 heteroatoms. The number of amides is 1. The molecule has 0 radical (unpaired) electrons. The van der Waals surface area contributed by atoms with E-state index < -0.39 is 29.0 Å². The maximum Gasteiger partial charge on any atom is 0.303 e. The minimum absolute atomic E-state index is 0.0228. The maximum absolute atomic E-state index is 14.1. The second-order valence-electron chi connectivity index (χ2n) is 12.0. The average molecular weight is 456 g/mol. The van der Waals surface area contributed by atoms with Crippen molar-refractivity contribution in [3.8, 4) is 0 Å². The molecule has 178 valence electrons. The summed E-state index contributed by atoms with van der Waals surface area (Å²) in [5.74, 6) is -0.853. The Labute approximate surface area is 194 Å². The number of rotatable bonds is 2. The number of fused-ring (bicyclic) bond motifs is 1. The van der Waals surface area contributed by atoms with E-state index in [1.807, 2.05) is 4.90 Å². The highest BCUT2D eigenvalue weighted by atomic mass is 16.6. The van der Waals surface area contributed by atoms with E-state index in [0.29, 0.717) is 19.4 Å². The highest BCUT2D eigenvalue weighted by Gasteiger charge is 2.87. The van der Waals surface area contributed by atoms with Gasteiger partial charge in [-0.1, -0.05) is 19.9 Å². The summed E-state index contributed by atoms with van der Waals surface area (Å²) in [6, 6.07) is -0.0981. The number of piperidine rings is 1. The minimum atomic E-state index is -0.674. The smallest absolute Gasteiger partial charge is 0.303 e. The Hall–Kier alpha value is -2.18. The number of Topliss-reactive ketones (excluding diaryl/α,β-unsaturated/α-hetero) is 1.